The number of hydrogen-bond donors (Lipinski definition) is 4. The highest BCUT2D eigenvalue weighted by atomic mass is 16.5. The highest BCUT2D eigenvalue weighted by Gasteiger charge is 2.20. The Hall–Kier alpha value is -2.28. The summed E-state index contributed by atoms with van der Waals surface area (Å²) in [6.07, 6.45) is 0.730. The Morgan fingerprint density at radius 3 is 2.55 bits per heavy atom. The van der Waals surface area contributed by atoms with Crippen molar-refractivity contribution in [3.05, 3.63) is 23.8 Å². The smallest absolute Gasteiger partial charge is 0.326 e. The van der Waals surface area contributed by atoms with E-state index in [0.29, 0.717) is 13.0 Å². The Morgan fingerprint density at radius 1 is 1.30 bits per heavy atom. The molecule has 1 rings (SSSR count). The standard InChI is InChI=1S/C13H17NO6/c1-20-6-2-3-9(13(18)19)14-12(17)8-4-5-10(15)11(16)7-8/h4-5,7,9,15-16H,2-3,6H2,1H3,(H,14,17)(H,18,19). The minimum Gasteiger partial charge on any atom is -0.504 e. The molecule has 0 heterocycles. The first-order valence-electron chi connectivity index (χ1n) is 6.00. The van der Waals surface area contributed by atoms with E-state index < -0.39 is 23.7 Å². The van der Waals surface area contributed by atoms with Gasteiger partial charge >= 0.3 is 5.97 Å². The summed E-state index contributed by atoms with van der Waals surface area (Å²) in [5.74, 6) is -2.57. The molecule has 0 aliphatic rings. The summed E-state index contributed by atoms with van der Waals surface area (Å²) in [6, 6.07) is 2.48. The normalized spacial score (nSPS) is 11.8. The summed E-state index contributed by atoms with van der Waals surface area (Å²) >= 11 is 0. The summed E-state index contributed by atoms with van der Waals surface area (Å²) in [5, 5.41) is 29.8. The monoisotopic (exact) mass is 283 g/mol. The molecule has 20 heavy (non-hydrogen) atoms. The Kier molecular flexibility index (Phi) is 5.79. The number of aromatic hydroxyl groups is 2. The molecule has 0 fully saturated rings. The van der Waals surface area contributed by atoms with Gasteiger partial charge in [0.15, 0.2) is 11.5 Å². The number of rotatable bonds is 7. The van der Waals surface area contributed by atoms with Gasteiger partial charge in [0.1, 0.15) is 6.04 Å². The number of benzene rings is 1. The van der Waals surface area contributed by atoms with Crippen LogP contribution in [-0.2, 0) is 9.53 Å². The zero-order valence-corrected chi connectivity index (χ0v) is 11.0. The molecular weight excluding hydrogens is 266 g/mol. The molecular formula is C13H17NO6. The highest BCUT2D eigenvalue weighted by Crippen LogP contribution is 2.24. The molecule has 0 saturated heterocycles. The fraction of sp³-hybridized carbons (Fsp3) is 0.385. The van der Waals surface area contributed by atoms with E-state index in [4.69, 9.17) is 14.9 Å². The van der Waals surface area contributed by atoms with Crippen molar-refractivity contribution in [1.82, 2.24) is 5.32 Å². The van der Waals surface area contributed by atoms with Crippen LogP contribution in [0.2, 0.25) is 0 Å². The predicted octanol–water partition coefficient (Wildman–Crippen LogP) is 0.707. The molecule has 0 saturated carbocycles. The average molecular weight is 283 g/mol. The van der Waals surface area contributed by atoms with Crippen LogP contribution in [0.3, 0.4) is 0 Å². The molecule has 0 spiro atoms. The Bertz CT molecular complexity index is 488. The average Bonchev–Trinajstić information content (AvgIpc) is 2.40. The second-order valence-electron chi connectivity index (χ2n) is 4.20. The van der Waals surface area contributed by atoms with Crippen molar-refractivity contribution >= 4 is 11.9 Å². The lowest BCUT2D eigenvalue weighted by molar-refractivity contribution is -0.139. The van der Waals surface area contributed by atoms with Gasteiger partial charge in [-0.1, -0.05) is 0 Å². The van der Waals surface area contributed by atoms with Crippen molar-refractivity contribution in [3.63, 3.8) is 0 Å². The maximum atomic E-state index is 11.9. The number of carboxylic acids is 1. The van der Waals surface area contributed by atoms with Gasteiger partial charge in [0.05, 0.1) is 0 Å². The van der Waals surface area contributed by atoms with Crippen LogP contribution < -0.4 is 5.32 Å². The number of carbonyl (C=O) groups excluding carboxylic acids is 1. The largest absolute Gasteiger partial charge is 0.504 e. The summed E-state index contributed by atoms with van der Waals surface area (Å²) in [4.78, 5) is 22.9. The summed E-state index contributed by atoms with van der Waals surface area (Å²) in [7, 11) is 1.51. The van der Waals surface area contributed by atoms with Crippen LogP contribution in [0.1, 0.15) is 23.2 Å². The number of methoxy groups -OCH3 is 1. The van der Waals surface area contributed by atoms with Crippen molar-refractivity contribution in [3.8, 4) is 11.5 Å². The zero-order chi connectivity index (χ0) is 15.1. The number of aliphatic carboxylic acids is 1. The van der Waals surface area contributed by atoms with Gasteiger partial charge in [-0.25, -0.2) is 4.79 Å². The van der Waals surface area contributed by atoms with Crippen LogP contribution in [0.5, 0.6) is 11.5 Å². The third-order valence-electron chi connectivity index (χ3n) is 2.68. The number of ether oxygens (including phenoxy) is 1. The Morgan fingerprint density at radius 2 is 2.00 bits per heavy atom. The fourth-order valence-electron chi connectivity index (χ4n) is 1.60. The van der Waals surface area contributed by atoms with Gasteiger partial charge in [0, 0.05) is 19.3 Å². The minimum absolute atomic E-state index is 0.0679. The van der Waals surface area contributed by atoms with E-state index in [9.17, 15) is 14.7 Å². The number of hydrogen-bond acceptors (Lipinski definition) is 5. The van der Waals surface area contributed by atoms with Gasteiger partial charge in [-0.3, -0.25) is 4.79 Å². The van der Waals surface area contributed by atoms with Gasteiger partial charge in [-0.2, -0.15) is 0 Å². The summed E-state index contributed by atoms with van der Waals surface area (Å²) in [5.41, 5.74) is 0.0679. The fourth-order valence-corrected chi connectivity index (χ4v) is 1.60. The van der Waals surface area contributed by atoms with Crippen molar-refractivity contribution in [2.75, 3.05) is 13.7 Å². The topological polar surface area (TPSA) is 116 Å². The first-order valence-corrected chi connectivity index (χ1v) is 6.00. The molecule has 0 aliphatic carbocycles. The third-order valence-corrected chi connectivity index (χ3v) is 2.68. The van der Waals surface area contributed by atoms with Crippen molar-refractivity contribution in [2.24, 2.45) is 0 Å². The molecule has 1 aromatic carbocycles. The molecule has 4 N–H and O–H groups in total. The number of nitrogens with one attached hydrogen (secondary N) is 1. The van der Waals surface area contributed by atoms with Gasteiger partial charge in [-0.05, 0) is 31.0 Å². The third kappa shape index (κ3) is 4.43. The molecule has 0 aliphatic heterocycles. The number of carboxylic acid groups (broad SMARTS) is 1. The lowest BCUT2D eigenvalue weighted by Crippen LogP contribution is -2.40. The molecule has 0 radical (unpaired) electrons. The van der Waals surface area contributed by atoms with Gasteiger partial charge in [-0.15, -0.1) is 0 Å². The van der Waals surface area contributed by atoms with E-state index in [0.717, 1.165) is 12.1 Å². The lowest BCUT2D eigenvalue weighted by Gasteiger charge is -2.14. The van der Waals surface area contributed by atoms with Crippen molar-refractivity contribution in [2.45, 2.75) is 18.9 Å². The van der Waals surface area contributed by atoms with Gasteiger partial charge < -0.3 is 25.4 Å². The van der Waals surface area contributed by atoms with Gasteiger partial charge in [0.2, 0.25) is 0 Å². The van der Waals surface area contributed by atoms with Crippen LogP contribution in [0.4, 0.5) is 0 Å². The zero-order valence-electron chi connectivity index (χ0n) is 11.0. The minimum atomic E-state index is -1.14. The van der Waals surface area contributed by atoms with E-state index in [1.165, 1.54) is 13.2 Å². The number of phenols is 2. The molecule has 110 valence electrons. The highest BCUT2D eigenvalue weighted by molar-refractivity contribution is 5.97. The first-order chi connectivity index (χ1) is 9.45. The van der Waals surface area contributed by atoms with E-state index in [1.54, 1.807) is 0 Å². The quantitative estimate of drug-likeness (QED) is 0.432. The van der Waals surface area contributed by atoms with Crippen LogP contribution >= 0.6 is 0 Å². The summed E-state index contributed by atoms with van der Waals surface area (Å²) in [6.45, 7) is 0.402. The number of amides is 1. The molecule has 7 nitrogen and oxygen atoms in total. The Labute approximate surface area is 115 Å². The number of carbonyl (C=O) groups is 2. The van der Waals surface area contributed by atoms with E-state index in [1.807, 2.05) is 0 Å². The van der Waals surface area contributed by atoms with E-state index >= 15 is 0 Å². The lowest BCUT2D eigenvalue weighted by atomic mass is 10.1. The van der Waals surface area contributed by atoms with Crippen LogP contribution in [0, 0.1) is 0 Å². The molecule has 1 unspecified atom stereocenters. The first kappa shape index (κ1) is 15.8. The second-order valence-corrected chi connectivity index (χ2v) is 4.20. The predicted molar refractivity (Wildman–Crippen MR) is 69.8 cm³/mol. The maximum absolute atomic E-state index is 11.9. The van der Waals surface area contributed by atoms with Crippen molar-refractivity contribution in [1.29, 1.82) is 0 Å². The number of phenolic OH excluding ortho intramolecular Hbond substituents is 2. The Balaban J connectivity index is 2.69. The van der Waals surface area contributed by atoms with Gasteiger partial charge in [0.25, 0.3) is 5.91 Å². The second kappa shape index (κ2) is 7.34. The molecule has 1 atom stereocenters. The van der Waals surface area contributed by atoms with Crippen molar-refractivity contribution < 1.29 is 29.6 Å². The molecule has 0 bridgehead atoms. The van der Waals surface area contributed by atoms with Crippen LogP contribution in [0.25, 0.3) is 0 Å². The van der Waals surface area contributed by atoms with E-state index in [2.05, 4.69) is 5.32 Å². The molecule has 7 heteroatoms. The van der Waals surface area contributed by atoms with E-state index in [-0.39, 0.29) is 17.7 Å². The molecule has 0 aromatic heterocycles. The van der Waals surface area contributed by atoms with Crippen LogP contribution in [0.15, 0.2) is 18.2 Å². The maximum Gasteiger partial charge on any atom is 0.326 e. The SMILES string of the molecule is COCCCC(NC(=O)c1ccc(O)c(O)c1)C(=O)O. The summed E-state index contributed by atoms with van der Waals surface area (Å²) < 4.78 is 4.82. The molecule has 1 aromatic rings. The van der Waals surface area contributed by atoms with Crippen LogP contribution in [-0.4, -0.2) is 47.0 Å². The molecule has 1 amide bonds.